The second kappa shape index (κ2) is 11.7. The van der Waals surface area contributed by atoms with Crippen molar-refractivity contribution in [2.45, 2.75) is 46.1 Å². The van der Waals surface area contributed by atoms with Gasteiger partial charge >= 0.3 is 0 Å². The lowest BCUT2D eigenvalue weighted by Gasteiger charge is -2.29. The van der Waals surface area contributed by atoms with Crippen molar-refractivity contribution in [3.8, 4) is 5.75 Å². The normalized spacial score (nSPS) is 16.2. The second-order valence-electron chi connectivity index (χ2n) is 8.12. The number of Topliss-reactive ketones (excluding diaryl/α,β-unsaturated/α-hetero) is 1. The molecule has 2 aromatic rings. The Bertz CT molecular complexity index is 963. The van der Waals surface area contributed by atoms with Gasteiger partial charge in [0.05, 0.1) is 24.5 Å². The number of benzene rings is 1. The van der Waals surface area contributed by atoms with Crippen LogP contribution in [0.4, 0.5) is 0 Å². The molecule has 1 aromatic carbocycles. The van der Waals surface area contributed by atoms with Crippen molar-refractivity contribution in [1.82, 2.24) is 9.80 Å². The number of unbranched alkanes of at least 4 members (excludes halogenated alkanes) is 2. The summed E-state index contributed by atoms with van der Waals surface area (Å²) in [5.74, 6) is -0.787. The first-order valence-electron chi connectivity index (χ1n) is 11.8. The van der Waals surface area contributed by atoms with Crippen LogP contribution in [0.5, 0.6) is 5.75 Å². The maximum absolute atomic E-state index is 13.2. The van der Waals surface area contributed by atoms with Crippen molar-refractivity contribution in [1.29, 1.82) is 0 Å². The summed E-state index contributed by atoms with van der Waals surface area (Å²) in [7, 11) is 0. The van der Waals surface area contributed by atoms with Gasteiger partial charge in [-0.25, -0.2) is 0 Å². The molecule has 1 aliphatic heterocycles. The Kier molecular flexibility index (Phi) is 8.72. The van der Waals surface area contributed by atoms with Crippen LogP contribution < -0.4 is 4.74 Å². The minimum atomic E-state index is -0.718. The fraction of sp³-hybridized carbons (Fsp3) is 0.462. The minimum Gasteiger partial charge on any atom is -0.503 e. The Labute approximate surface area is 195 Å². The number of amides is 1. The first kappa shape index (κ1) is 24.6. The number of hydrogen-bond acceptors (Lipinski definition) is 6. The number of rotatable bonds is 13. The highest BCUT2D eigenvalue weighted by Gasteiger charge is 2.44. The summed E-state index contributed by atoms with van der Waals surface area (Å²) in [5.41, 5.74) is 0.757. The van der Waals surface area contributed by atoms with E-state index in [4.69, 9.17) is 9.15 Å². The molecule has 1 atom stereocenters. The molecule has 33 heavy (non-hydrogen) atoms. The molecule has 7 heteroatoms. The van der Waals surface area contributed by atoms with Crippen LogP contribution in [0.2, 0.25) is 0 Å². The number of carbonyl (C=O) groups is 2. The van der Waals surface area contributed by atoms with Crippen LogP contribution in [0.25, 0.3) is 0 Å². The van der Waals surface area contributed by atoms with Gasteiger partial charge in [0.25, 0.3) is 5.91 Å². The molecular formula is C26H34N2O5. The molecule has 7 nitrogen and oxygen atoms in total. The van der Waals surface area contributed by atoms with E-state index >= 15 is 0 Å². The highest BCUT2D eigenvalue weighted by molar-refractivity contribution is 6.15. The van der Waals surface area contributed by atoms with E-state index in [1.54, 1.807) is 11.0 Å². The molecule has 0 aliphatic carbocycles. The highest BCUT2D eigenvalue weighted by atomic mass is 16.5. The standard InChI is InChI=1S/C26H34N2O5/c1-4-7-8-16-32-20-12-9-11-19(18-20)23-22(24(29)21-13-10-17-33-21)25(30)26(31)28(23)15-14-27(5-2)6-3/h9-13,17-18,23,30H,4-8,14-16H2,1-3H3. The summed E-state index contributed by atoms with van der Waals surface area (Å²) in [6, 6.07) is 9.85. The molecule has 0 saturated carbocycles. The van der Waals surface area contributed by atoms with E-state index in [0.717, 1.165) is 37.9 Å². The van der Waals surface area contributed by atoms with E-state index < -0.39 is 23.5 Å². The van der Waals surface area contributed by atoms with Crippen molar-refractivity contribution < 1.29 is 23.8 Å². The van der Waals surface area contributed by atoms with Crippen molar-refractivity contribution in [3.63, 3.8) is 0 Å². The van der Waals surface area contributed by atoms with E-state index in [0.29, 0.717) is 25.4 Å². The first-order valence-corrected chi connectivity index (χ1v) is 11.8. The van der Waals surface area contributed by atoms with Gasteiger partial charge in [-0.1, -0.05) is 45.7 Å². The average molecular weight is 455 g/mol. The molecular weight excluding hydrogens is 420 g/mol. The third-order valence-electron chi connectivity index (χ3n) is 6.04. The lowest BCUT2D eigenvalue weighted by atomic mass is 9.95. The third kappa shape index (κ3) is 5.66. The van der Waals surface area contributed by atoms with Gasteiger partial charge in [-0.2, -0.15) is 0 Å². The van der Waals surface area contributed by atoms with Crippen LogP contribution in [0, 0.1) is 0 Å². The summed E-state index contributed by atoms with van der Waals surface area (Å²) >= 11 is 0. The summed E-state index contributed by atoms with van der Waals surface area (Å²) in [5, 5.41) is 10.8. The van der Waals surface area contributed by atoms with Gasteiger partial charge in [-0.15, -0.1) is 0 Å². The van der Waals surface area contributed by atoms with E-state index in [1.165, 1.54) is 12.3 Å². The molecule has 3 rings (SSSR count). The molecule has 1 amide bonds. The van der Waals surface area contributed by atoms with Gasteiger partial charge < -0.3 is 24.1 Å². The quantitative estimate of drug-likeness (QED) is 0.347. The smallest absolute Gasteiger partial charge is 0.290 e. The summed E-state index contributed by atoms with van der Waals surface area (Å²) < 4.78 is 11.2. The van der Waals surface area contributed by atoms with Crippen molar-refractivity contribution in [2.75, 3.05) is 32.8 Å². The topological polar surface area (TPSA) is 83.2 Å². The number of hydrogen-bond donors (Lipinski definition) is 1. The summed E-state index contributed by atoms with van der Waals surface area (Å²) in [6.45, 7) is 9.58. The SMILES string of the molecule is CCCCCOc1cccc(C2C(C(=O)c3ccco3)=C(O)C(=O)N2CCN(CC)CC)c1. The molecule has 0 saturated heterocycles. The van der Waals surface area contributed by atoms with Crippen LogP contribution in [-0.2, 0) is 4.79 Å². The molecule has 1 unspecified atom stereocenters. The van der Waals surface area contributed by atoms with Crippen molar-refractivity contribution in [3.05, 3.63) is 65.3 Å². The minimum absolute atomic E-state index is 0.0395. The molecule has 178 valence electrons. The Morgan fingerprint density at radius 2 is 1.94 bits per heavy atom. The summed E-state index contributed by atoms with van der Waals surface area (Å²) in [4.78, 5) is 30.1. The van der Waals surface area contributed by atoms with Gasteiger partial charge in [0.1, 0.15) is 5.75 Å². The number of ketones is 1. The second-order valence-corrected chi connectivity index (χ2v) is 8.12. The molecule has 0 fully saturated rings. The Hall–Kier alpha value is -3.06. The highest BCUT2D eigenvalue weighted by Crippen LogP contribution is 2.39. The van der Waals surface area contributed by atoms with E-state index in [1.807, 2.05) is 24.3 Å². The molecule has 1 aliphatic rings. The van der Waals surface area contributed by atoms with E-state index in [-0.39, 0.29) is 11.3 Å². The molecule has 1 N–H and O–H groups in total. The van der Waals surface area contributed by atoms with Crippen LogP contribution in [0.1, 0.15) is 62.2 Å². The lowest BCUT2D eigenvalue weighted by molar-refractivity contribution is -0.129. The zero-order valence-electron chi connectivity index (χ0n) is 19.8. The van der Waals surface area contributed by atoms with Crippen LogP contribution >= 0.6 is 0 Å². The first-order chi connectivity index (χ1) is 16.0. The maximum atomic E-state index is 13.2. The number of ether oxygens (including phenoxy) is 1. The predicted molar refractivity (Wildman–Crippen MR) is 126 cm³/mol. The lowest BCUT2D eigenvalue weighted by Crippen LogP contribution is -2.38. The van der Waals surface area contributed by atoms with Crippen molar-refractivity contribution in [2.24, 2.45) is 0 Å². The average Bonchev–Trinajstić information content (AvgIpc) is 3.45. The van der Waals surface area contributed by atoms with Crippen LogP contribution in [0.15, 0.2) is 58.4 Å². The maximum Gasteiger partial charge on any atom is 0.290 e. The predicted octanol–water partition coefficient (Wildman–Crippen LogP) is 4.77. The summed E-state index contributed by atoms with van der Waals surface area (Å²) in [6.07, 6.45) is 4.56. The van der Waals surface area contributed by atoms with Gasteiger partial charge in [-0.3, -0.25) is 9.59 Å². The molecule has 0 radical (unpaired) electrons. The number of furan rings is 1. The number of likely N-dealkylation sites (N-methyl/N-ethyl adjacent to an activating group) is 1. The van der Waals surface area contributed by atoms with Gasteiger partial charge in [-0.05, 0) is 49.3 Å². The van der Waals surface area contributed by atoms with Gasteiger partial charge in [0, 0.05) is 13.1 Å². The monoisotopic (exact) mass is 454 g/mol. The van der Waals surface area contributed by atoms with Gasteiger partial charge in [0.2, 0.25) is 5.78 Å². The Balaban J connectivity index is 1.94. The zero-order chi connectivity index (χ0) is 23.8. The van der Waals surface area contributed by atoms with Crippen LogP contribution in [-0.4, -0.2) is 59.4 Å². The number of nitrogens with zero attached hydrogens (tertiary/aromatic N) is 2. The molecule has 2 heterocycles. The van der Waals surface area contributed by atoms with E-state index in [9.17, 15) is 14.7 Å². The molecule has 1 aromatic heterocycles. The third-order valence-corrected chi connectivity index (χ3v) is 6.04. The van der Waals surface area contributed by atoms with Crippen molar-refractivity contribution >= 4 is 11.7 Å². The molecule has 0 spiro atoms. The fourth-order valence-corrected chi connectivity index (χ4v) is 4.11. The number of carbonyl (C=O) groups excluding carboxylic acids is 2. The largest absolute Gasteiger partial charge is 0.503 e. The zero-order valence-corrected chi connectivity index (χ0v) is 19.8. The fourth-order valence-electron chi connectivity index (χ4n) is 4.11. The number of aliphatic hydroxyl groups is 1. The molecule has 0 bridgehead atoms. The van der Waals surface area contributed by atoms with E-state index in [2.05, 4.69) is 25.7 Å². The number of aliphatic hydroxyl groups excluding tert-OH is 1. The van der Waals surface area contributed by atoms with Gasteiger partial charge in [0.15, 0.2) is 11.5 Å². The Morgan fingerprint density at radius 1 is 1.15 bits per heavy atom. The van der Waals surface area contributed by atoms with Crippen LogP contribution in [0.3, 0.4) is 0 Å². The Morgan fingerprint density at radius 3 is 2.61 bits per heavy atom.